The van der Waals surface area contributed by atoms with Gasteiger partial charge >= 0.3 is 0 Å². The number of rotatable bonds is 4. The zero-order valence-corrected chi connectivity index (χ0v) is 17.7. The number of hydrogen-bond acceptors (Lipinski definition) is 5. The van der Waals surface area contributed by atoms with Gasteiger partial charge in [0.05, 0.1) is 0 Å². The predicted molar refractivity (Wildman–Crippen MR) is 121 cm³/mol. The maximum atomic E-state index is 12.8. The Morgan fingerprint density at radius 1 is 0.833 bits per heavy atom. The fourth-order valence-corrected chi connectivity index (χ4v) is 3.58. The normalized spacial score (nSPS) is 14.0. The first kappa shape index (κ1) is 19.9. The molecule has 1 saturated heterocycles. The molecule has 6 nitrogen and oxygen atoms in total. The van der Waals surface area contributed by atoms with Crippen molar-refractivity contribution in [3.05, 3.63) is 77.1 Å². The lowest BCUT2D eigenvalue weighted by Gasteiger charge is -2.35. The van der Waals surface area contributed by atoms with Crippen LogP contribution in [-0.4, -0.2) is 47.0 Å². The first-order valence-corrected chi connectivity index (χ1v) is 10.3. The Hall–Kier alpha value is -3.41. The number of piperazine rings is 1. The second-order valence-electron chi connectivity index (χ2n) is 7.79. The molecule has 0 saturated carbocycles. The lowest BCUT2D eigenvalue weighted by molar-refractivity contribution is 0.0746. The highest BCUT2D eigenvalue weighted by Gasteiger charge is 2.23. The Balaban J connectivity index is 1.42. The molecular weight excluding hydrogens is 374 g/mol. The van der Waals surface area contributed by atoms with Crippen LogP contribution in [-0.2, 0) is 0 Å². The molecule has 2 aromatic carbocycles. The molecule has 1 N–H and O–H groups in total. The lowest BCUT2D eigenvalue weighted by atomic mass is 10.1. The van der Waals surface area contributed by atoms with Gasteiger partial charge in [0.25, 0.3) is 5.91 Å². The molecule has 2 heterocycles. The summed E-state index contributed by atoms with van der Waals surface area (Å²) in [7, 11) is 0. The number of carbonyl (C=O) groups excluding carboxylic acids is 1. The van der Waals surface area contributed by atoms with Gasteiger partial charge in [-0.2, -0.15) is 0 Å². The number of aryl methyl sites for hydroxylation is 3. The van der Waals surface area contributed by atoms with E-state index in [-0.39, 0.29) is 5.91 Å². The van der Waals surface area contributed by atoms with Crippen molar-refractivity contribution in [3.8, 4) is 0 Å². The summed E-state index contributed by atoms with van der Waals surface area (Å²) in [5, 5.41) is 3.36. The zero-order valence-electron chi connectivity index (χ0n) is 17.7. The minimum atomic E-state index is 0.0928. The van der Waals surface area contributed by atoms with Crippen LogP contribution in [0.5, 0.6) is 0 Å². The average molecular weight is 402 g/mol. The van der Waals surface area contributed by atoms with E-state index in [1.807, 2.05) is 61.2 Å². The van der Waals surface area contributed by atoms with Crippen LogP contribution in [0, 0.1) is 20.8 Å². The smallest absolute Gasteiger partial charge is 0.253 e. The van der Waals surface area contributed by atoms with E-state index in [9.17, 15) is 4.79 Å². The molecule has 30 heavy (non-hydrogen) atoms. The molecule has 3 aromatic rings. The Kier molecular flexibility index (Phi) is 5.65. The highest BCUT2D eigenvalue weighted by Crippen LogP contribution is 2.22. The van der Waals surface area contributed by atoms with Crippen LogP contribution >= 0.6 is 0 Å². The van der Waals surface area contributed by atoms with Crippen LogP contribution in [0.1, 0.15) is 27.3 Å². The molecule has 6 heteroatoms. The summed E-state index contributed by atoms with van der Waals surface area (Å²) < 4.78 is 0. The zero-order chi connectivity index (χ0) is 21.1. The van der Waals surface area contributed by atoms with Gasteiger partial charge in [0.2, 0.25) is 0 Å². The van der Waals surface area contributed by atoms with Gasteiger partial charge in [0, 0.05) is 43.5 Å². The van der Waals surface area contributed by atoms with Gasteiger partial charge in [0.1, 0.15) is 17.5 Å². The van der Waals surface area contributed by atoms with Crippen molar-refractivity contribution >= 4 is 23.2 Å². The van der Waals surface area contributed by atoms with Crippen molar-refractivity contribution < 1.29 is 4.79 Å². The van der Waals surface area contributed by atoms with E-state index in [1.54, 1.807) is 0 Å². The van der Waals surface area contributed by atoms with Gasteiger partial charge in [-0.15, -0.1) is 0 Å². The summed E-state index contributed by atoms with van der Waals surface area (Å²) in [6, 6.07) is 18.0. The van der Waals surface area contributed by atoms with Gasteiger partial charge in [0.15, 0.2) is 0 Å². The van der Waals surface area contributed by atoms with Crippen molar-refractivity contribution in [3.63, 3.8) is 0 Å². The molecule has 1 fully saturated rings. The monoisotopic (exact) mass is 401 g/mol. The molecule has 0 radical (unpaired) electrons. The molecule has 154 valence electrons. The fourth-order valence-electron chi connectivity index (χ4n) is 3.58. The summed E-state index contributed by atoms with van der Waals surface area (Å²) in [5.41, 5.74) is 4.12. The third-order valence-corrected chi connectivity index (χ3v) is 5.34. The number of benzene rings is 2. The number of anilines is 3. The fraction of sp³-hybridized carbons (Fsp3) is 0.292. The van der Waals surface area contributed by atoms with E-state index in [0.29, 0.717) is 13.1 Å². The number of amides is 1. The number of aromatic nitrogens is 2. The van der Waals surface area contributed by atoms with Crippen LogP contribution in [0.25, 0.3) is 0 Å². The standard InChI is InChI=1S/C24H27N5O/c1-17-4-8-20(9-5-17)24(30)29-14-12-28(13-15-29)23-16-22(25-19(3)26-23)27-21-10-6-18(2)7-11-21/h4-11,16H,12-15H2,1-3H3,(H,25,26,27). The van der Waals surface area contributed by atoms with Gasteiger partial charge in [-0.05, 0) is 45.0 Å². The summed E-state index contributed by atoms with van der Waals surface area (Å²) in [5.74, 6) is 2.48. The summed E-state index contributed by atoms with van der Waals surface area (Å²) in [4.78, 5) is 26.0. The molecule has 0 aliphatic carbocycles. The lowest BCUT2D eigenvalue weighted by Crippen LogP contribution is -2.49. The van der Waals surface area contributed by atoms with Gasteiger partial charge < -0.3 is 15.1 Å². The Morgan fingerprint density at radius 3 is 2.07 bits per heavy atom. The highest BCUT2D eigenvalue weighted by atomic mass is 16.2. The summed E-state index contributed by atoms with van der Waals surface area (Å²) in [6.07, 6.45) is 0. The third-order valence-electron chi connectivity index (χ3n) is 5.34. The SMILES string of the molecule is Cc1ccc(Nc2cc(N3CCN(C(=O)c4ccc(C)cc4)CC3)nc(C)n2)cc1. The topological polar surface area (TPSA) is 61.4 Å². The highest BCUT2D eigenvalue weighted by molar-refractivity contribution is 5.94. The molecule has 0 atom stereocenters. The predicted octanol–water partition coefficient (Wildman–Crippen LogP) is 4.11. The average Bonchev–Trinajstić information content (AvgIpc) is 2.75. The van der Waals surface area contributed by atoms with Crippen LogP contribution in [0.2, 0.25) is 0 Å². The van der Waals surface area contributed by atoms with E-state index in [0.717, 1.165) is 47.4 Å². The van der Waals surface area contributed by atoms with Gasteiger partial charge in [-0.25, -0.2) is 9.97 Å². The molecular formula is C24H27N5O. The van der Waals surface area contributed by atoms with Crippen molar-refractivity contribution in [1.29, 1.82) is 0 Å². The molecule has 4 rings (SSSR count). The maximum absolute atomic E-state index is 12.8. The second kappa shape index (κ2) is 8.53. The Labute approximate surface area is 177 Å². The number of carbonyl (C=O) groups is 1. The molecule has 1 aliphatic heterocycles. The minimum Gasteiger partial charge on any atom is -0.353 e. The van der Waals surface area contributed by atoms with Gasteiger partial charge in [-0.1, -0.05) is 35.4 Å². The Morgan fingerprint density at radius 2 is 1.43 bits per heavy atom. The first-order chi connectivity index (χ1) is 14.5. The van der Waals surface area contributed by atoms with Crippen LogP contribution < -0.4 is 10.2 Å². The number of nitrogens with zero attached hydrogens (tertiary/aromatic N) is 4. The molecule has 1 aromatic heterocycles. The number of nitrogens with one attached hydrogen (secondary N) is 1. The van der Waals surface area contributed by atoms with Crippen molar-refractivity contribution in [2.45, 2.75) is 20.8 Å². The molecule has 1 aliphatic rings. The third kappa shape index (κ3) is 4.59. The molecule has 0 spiro atoms. The van der Waals surface area contributed by atoms with E-state index in [1.165, 1.54) is 5.56 Å². The minimum absolute atomic E-state index is 0.0928. The van der Waals surface area contributed by atoms with Crippen LogP contribution in [0.4, 0.5) is 17.3 Å². The van der Waals surface area contributed by atoms with Crippen LogP contribution in [0.15, 0.2) is 54.6 Å². The molecule has 0 unspecified atom stereocenters. The largest absolute Gasteiger partial charge is 0.353 e. The van der Waals surface area contributed by atoms with E-state index < -0.39 is 0 Å². The van der Waals surface area contributed by atoms with Crippen molar-refractivity contribution in [2.24, 2.45) is 0 Å². The van der Waals surface area contributed by atoms with E-state index >= 15 is 0 Å². The van der Waals surface area contributed by atoms with Crippen molar-refractivity contribution in [1.82, 2.24) is 14.9 Å². The summed E-state index contributed by atoms with van der Waals surface area (Å²) in [6.45, 7) is 8.85. The quantitative estimate of drug-likeness (QED) is 0.713. The van der Waals surface area contributed by atoms with E-state index in [4.69, 9.17) is 0 Å². The van der Waals surface area contributed by atoms with Crippen LogP contribution in [0.3, 0.4) is 0 Å². The second-order valence-corrected chi connectivity index (χ2v) is 7.79. The van der Waals surface area contributed by atoms with Crippen molar-refractivity contribution in [2.75, 3.05) is 36.4 Å². The van der Waals surface area contributed by atoms with E-state index in [2.05, 4.69) is 39.2 Å². The summed E-state index contributed by atoms with van der Waals surface area (Å²) >= 11 is 0. The first-order valence-electron chi connectivity index (χ1n) is 10.3. The Bertz CT molecular complexity index is 1020. The number of hydrogen-bond donors (Lipinski definition) is 1. The maximum Gasteiger partial charge on any atom is 0.253 e. The van der Waals surface area contributed by atoms with Gasteiger partial charge in [-0.3, -0.25) is 4.79 Å². The molecule has 1 amide bonds. The molecule has 0 bridgehead atoms.